The van der Waals surface area contributed by atoms with Gasteiger partial charge < -0.3 is 9.84 Å². The maximum absolute atomic E-state index is 12.7. The molecular formula is C16H23N3O4S2. The number of hydrogen-bond acceptors (Lipinski definition) is 6. The van der Waals surface area contributed by atoms with Gasteiger partial charge in [0, 0.05) is 11.9 Å². The fraction of sp³-hybridized carbons (Fsp3) is 0.500. The van der Waals surface area contributed by atoms with Crippen LogP contribution < -0.4 is 5.32 Å². The van der Waals surface area contributed by atoms with E-state index >= 15 is 0 Å². The molecule has 0 fully saturated rings. The number of carbonyl (C=O) groups is 1. The van der Waals surface area contributed by atoms with E-state index in [0.29, 0.717) is 0 Å². The number of thiophene rings is 1. The van der Waals surface area contributed by atoms with Gasteiger partial charge in [-0.25, -0.2) is 8.42 Å². The SMILES string of the molecule is Cc1noc(C)c1S(=O)(=O)N(C)CC(=O)N[C@H](c1cccs1)C(C)C. The van der Waals surface area contributed by atoms with Crippen LogP contribution in [0, 0.1) is 19.8 Å². The molecule has 0 saturated carbocycles. The summed E-state index contributed by atoms with van der Waals surface area (Å²) in [5, 5.41) is 8.54. The van der Waals surface area contributed by atoms with E-state index in [-0.39, 0.29) is 40.8 Å². The molecule has 2 aromatic heterocycles. The predicted octanol–water partition coefficient (Wildman–Crippen LogP) is 2.49. The second-order valence-electron chi connectivity index (χ2n) is 6.22. The number of sulfonamides is 1. The monoisotopic (exact) mass is 385 g/mol. The Morgan fingerprint density at radius 2 is 2.08 bits per heavy atom. The van der Waals surface area contributed by atoms with E-state index in [1.165, 1.54) is 14.0 Å². The molecule has 0 bridgehead atoms. The Morgan fingerprint density at radius 3 is 2.56 bits per heavy atom. The Balaban J connectivity index is 2.12. The zero-order chi connectivity index (χ0) is 18.8. The van der Waals surface area contributed by atoms with E-state index in [1.54, 1.807) is 18.3 Å². The van der Waals surface area contributed by atoms with Crippen molar-refractivity contribution in [3.63, 3.8) is 0 Å². The van der Waals surface area contributed by atoms with Crippen LogP contribution in [0.25, 0.3) is 0 Å². The molecule has 0 aromatic carbocycles. The lowest BCUT2D eigenvalue weighted by Crippen LogP contribution is -2.41. The number of aryl methyl sites for hydroxylation is 2. The minimum absolute atomic E-state index is 0.0152. The average molecular weight is 386 g/mol. The minimum atomic E-state index is -3.84. The highest BCUT2D eigenvalue weighted by molar-refractivity contribution is 7.89. The van der Waals surface area contributed by atoms with Crippen LogP contribution in [0.5, 0.6) is 0 Å². The van der Waals surface area contributed by atoms with Gasteiger partial charge in [0.2, 0.25) is 15.9 Å². The summed E-state index contributed by atoms with van der Waals surface area (Å²) >= 11 is 1.56. The van der Waals surface area contributed by atoms with Crippen molar-refractivity contribution >= 4 is 27.3 Å². The van der Waals surface area contributed by atoms with Crippen molar-refractivity contribution in [2.24, 2.45) is 5.92 Å². The third-order valence-corrected chi connectivity index (χ3v) is 6.84. The van der Waals surface area contributed by atoms with Crippen molar-refractivity contribution in [3.8, 4) is 0 Å². The molecule has 0 aliphatic rings. The van der Waals surface area contributed by atoms with Gasteiger partial charge in [0.15, 0.2) is 5.76 Å². The zero-order valence-corrected chi connectivity index (χ0v) is 16.6. The van der Waals surface area contributed by atoms with Crippen molar-refractivity contribution in [1.29, 1.82) is 0 Å². The fourth-order valence-electron chi connectivity index (χ4n) is 2.54. The minimum Gasteiger partial charge on any atom is -0.360 e. The van der Waals surface area contributed by atoms with Crippen molar-refractivity contribution in [1.82, 2.24) is 14.8 Å². The maximum atomic E-state index is 12.7. The number of carbonyl (C=O) groups excluding carboxylic acids is 1. The first kappa shape index (κ1) is 19.6. The van der Waals surface area contributed by atoms with E-state index in [1.807, 2.05) is 31.4 Å². The molecule has 1 N–H and O–H groups in total. The number of nitrogens with zero attached hydrogens (tertiary/aromatic N) is 2. The lowest BCUT2D eigenvalue weighted by atomic mass is 10.0. The maximum Gasteiger partial charge on any atom is 0.248 e. The normalized spacial score (nSPS) is 13.4. The van der Waals surface area contributed by atoms with Gasteiger partial charge in [-0.1, -0.05) is 25.1 Å². The lowest BCUT2D eigenvalue weighted by Gasteiger charge is -2.23. The molecule has 0 aliphatic heterocycles. The van der Waals surface area contributed by atoms with Crippen molar-refractivity contribution in [2.45, 2.75) is 38.6 Å². The van der Waals surface area contributed by atoms with E-state index in [9.17, 15) is 13.2 Å². The molecule has 0 saturated heterocycles. The van der Waals surface area contributed by atoms with E-state index in [4.69, 9.17) is 4.52 Å². The third-order valence-electron chi connectivity index (χ3n) is 3.84. The molecule has 0 radical (unpaired) electrons. The van der Waals surface area contributed by atoms with Gasteiger partial charge in [0.1, 0.15) is 10.6 Å². The van der Waals surface area contributed by atoms with Crippen LogP contribution in [0.2, 0.25) is 0 Å². The Labute approximate surface area is 152 Å². The lowest BCUT2D eigenvalue weighted by molar-refractivity contribution is -0.122. The molecule has 0 unspecified atom stereocenters. The molecule has 2 heterocycles. The molecule has 9 heteroatoms. The van der Waals surface area contributed by atoms with Crippen LogP contribution in [-0.4, -0.2) is 37.4 Å². The largest absolute Gasteiger partial charge is 0.360 e. The molecule has 2 rings (SSSR count). The number of amides is 1. The number of aromatic nitrogens is 1. The van der Waals surface area contributed by atoms with Crippen molar-refractivity contribution in [3.05, 3.63) is 33.8 Å². The Hall–Kier alpha value is -1.71. The summed E-state index contributed by atoms with van der Waals surface area (Å²) in [6.07, 6.45) is 0. The van der Waals surface area contributed by atoms with Crippen LogP contribution in [0.4, 0.5) is 0 Å². The van der Waals surface area contributed by atoms with E-state index in [0.717, 1.165) is 9.18 Å². The number of likely N-dealkylation sites (N-methyl/N-ethyl adjacent to an activating group) is 1. The Kier molecular flexibility index (Phi) is 6.02. The summed E-state index contributed by atoms with van der Waals surface area (Å²) in [6, 6.07) is 3.73. The van der Waals surface area contributed by atoms with Crippen molar-refractivity contribution in [2.75, 3.05) is 13.6 Å². The van der Waals surface area contributed by atoms with Crippen LogP contribution in [0.15, 0.2) is 26.9 Å². The summed E-state index contributed by atoms with van der Waals surface area (Å²) in [7, 11) is -2.47. The van der Waals surface area contributed by atoms with Crippen LogP contribution in [0.3, 0.4) is 0 Å². The highest BCUT2D eigenvalue weighted by atomic mass is 32.2. The van der Waals surface area contributed by atoms with Crippen LogP contribution >= 0.6 is 11.3 Å². The van der Waals surface area contributed by atoms with Gasteiger partial charge in [-0.2, -0.15) is 4.31 Å². The van der Waals surface area contributed by atoms with Crippen molar-refractivity contribution < 1.29 is 17.7 Å². The summed E-state index contributed by atoms with van der Waals surface area (Å²) in [5.74, 6) is 0.0420. The van der Waals surface area contributed by atoms with Gasteiger partial charge in [-0.15, -0.1) is 11.3 Å². The molecule has 1 amide bonds. The molecule has 25 heavy (non-hydrogen) atoms. The quantitative estimate of drug-likeness (QED) is 0.790. The highest BCUT2D eigenvalue weighted by Gasteiger charge is 2.30. The Morgan fingerprint density at radius 1 is 1.40 bits per heavy atom. The molecule has 0 spiro atoms. The molecule has 1 atom stereocenters. The first-order chi connectivity index (χ1) is 11.6. The average Bonchev–Trinajstić information content (AvgIpc) is 3.14. The zero-order valence-electron chi connectivity index (χ0n) is 14.9. The van der Waals surface area contributed by atoms with Gasteiger partial charge in [-0.3, -0.25) is 4.79 Å². The predicted molar refractivity (Wildman–Crippen MR) is 95.8 cm³/mol. The van der Waals surface area contributed by atoms with Crippen LogP contribution in [0.1, 0.15) is 36.2 Å². The van der Waals surface area contributed by atoms with Gasteiger partial charge in [-0.05, 0) is 31.2 Å². The number of nitrogens with one attached hydrogen (secondary N) is 1. The summed E-state index contributed by atoms with van der Waals surface area (Å²) < 4.78 is 31.3. The molecule has 138 valence electrons. The topological polar surface area (TPSA) is 92.5 Å². The molecular weight excluding hydrogens is 362 g/mol. The molecule has 7 nitrogen and oxygen atoms in total. The number of rotatable bonds is 7. The first-order valence-corrected chi connectivity index (χ1v) is 10.2. The van der Waals surface area contributed by atoms with E-state index in [2.05, 4.69) is 10.5 Å². The van der Waals surface area contributed by atoms with Crippen LogP contribution in [-0.2, 0) is 14.8 Å². The van der Waals surface area contributed by atoms with E-state index < -0.39 is 10.0 Å². The highest BCUT2D eigenvalue weighted by Crippen LogP contribution is 2.26. The standard InChI is InChI=1S/C16H23N3O4S2/c1-10(2)15(13-7-6-8-24-13)17-14(20)9-19(5)25(21,22)16-11(3)18-23-12(16)4/h6-8,10,15H,9H2,1-5H3,(H,17,20)/t15-/m0/s1. The molecule has 0 aliphatic carbocycles. The second kappa shape index (κ2) is 7.67. The molecule has 2 aromatic rings. The summed E-state index contributed by atoms with van der Waals surface area (Å²) in [6.45, 7) is 6.83. The van der Waals surface area contributed by atoms with Gasteiger partial charge >= 0.3 is 0 Å². The Bertz CT molecular complexity index is 806. The third kappa shape index (κ3) is 4.28. The fourth-order valence-corrected chi connectivity index (χ4v) is 4.90. The van der Waals surface area contributed by atoms with Gasteiger partial charge in [0.05, 0.1) is 12.6 Å². The first-order valence-electron chi connectivity index (χ1n) is 7.86. The smallest absolute Gasteiger partial charge is 0.248 e. The summed E-state index contributed by atoms with van der Waals surface area (Å²) in [4.78, 5) is 13.5. The summed E-state index contributed by atoms with van der Waals surface area (Å²) in [5.41, 5.74) is 0.281. The second-order valence-corrected chi connectivity index (χ2v) is 9.18. The van der Waals surface area contributed by atoms with Gasteiger partial charge in [0.25, 0.3) is 0 Å². The number of hydrogen-bond donors (Lipinski definition) is 1.